The minimum Gasteiger partial charge on any atom is -0.254 e. The van der Waals surface area contributed by atoms with Crippen LogP contribution in [0.25, 0.3) is 44.1 Å². The van der Waals surface area contributed by atoms with Gasteiger partial charge < -0.3 is 0 Å². The molecule has 0 fully saturated rings. The van der Waals surface area contributed by atoms with E-state index in [9.17, 15) is 0 Å². The van der Waals surface area contributed by atoms with Crippen LogP contribution in [0.4, 0.5) is 0 Å². The highest BCUT2D eigenvalue weighted by molar-refractivity contribution is 6.12. The second-order valence-corrected chi connectivity index (χ2v) is 7.22. The Morgan fingerprint density at radius 1 is 0.643 bits per heavy atom. The fraction of sp³-hybridized carbons (Fsp3) is 0.0769. The average Bonchev–Trinajstić information content (AvgIpc) is 2.74. The van der Waals surface area contributed by atoms with Crippen molar-refractivity contribution in [3.8, 4) is 22.3 Å². The van der Waals surface area contributed by atoms with Crippen LogP contribution >= 0.6 is 0 Å². The van der Waals surface area contributed by atoms with Crippen molar-refractivity contribution in [3.63, 3.8) is 0 Å². The minimum atomic E-state index is 0.961. The van der Waals surface area contributed by atoms with Gasteiger partial charge in [-0.3, -0.25) is 9.97 Å². The molecule has 0 radical (unpaired) electrons. The van der Waals surface area contributed by atoms with Gasteiger partial charge in [-0.15, -0.1) is 0 Å². The van der Waals surface area contributed by atoms with Gasteiger partial charge in [-0.2, -0.15) is 0 Å². The molecule has 0 spiro atoms. The Morgan fingerprint density at radius 2 is 1.29 bits per heavy atom. The van der Waals surface area contributed by atoms with Gasteiger partial charge in [0.05, 0.1) is 11.0 Å². The van der Waals surface area contributed by atoms with E-state index in [2.05, 4.69) is 86.6 Å². The highest BCUT2D eigenvalue weighted by Crippen LogP contribution is 2.36. The van der Waals surface area contributed by atoms with Gasteiger partial charge in [-0.25, -0.2) is 0 Å². The summed E-state index contributed by atoms with van der Waals surface area (Å²) in [4.78, 5) is 9.70. The highest BCUT2D eigenvalue weighted by atomic mass is 14.7. The van der Waals surface area contributed by atoms with Crippen molar-refractivity contribution in [3.05, 3.63) is 96.3 Å². The topological polar surface area (TPSA) is 25.8 Å². The number of hydrogen-bond donors (Lipinski definition) is 0. The summed E-state index contributed by atoms with van der Waals surface area (Å²) in [5.74, 6) is 0. The number of pyridine rings is 2. The summed E-state index contributed by atoms with van der Waals surface area (Å²) in [5, 5.41) is 2.29. The Labute approximate surface area is 164 Å². The smallest absolute Gasteiger partial charge is 0.0974 e. The van der Waals surface area contributed by atoms with Crippen LogP contribution in [-0.4, -0.2) is 9.97 Å². The summed E-state index contributed by atoms with van der Waals surface area (Å²) in [5.41, 5.74) is 8.95. The molecule has 2 heteroatoms. The third kappa shape index (κ3) is 2.66. The van der Waals surface area contributed by atoms with Gasteiger partial charge in [0.1, 0.15) is 0 Å². The van der Waals surface area contributed by atoms with Gasteiger partial charge in [0.15, 0.2) is 0 Å². The van der Waals surface area contributed by atoms with Crippen LogP contribution < -0.4 is 0 Å². The fourth-order valence-corrected chi connectivity index (χ4v) is 4.02. The zero-order chi connectivity index (χ0) is 19.1. The zero-order valence-electron chi connectivity index (χ0n) is 16.0. The van der Waals surface area contributed by atoms with Crippen LogP contribution in [-0.2, 0) is 0 Å². The van der Waals surface area contributed by atoms with Gasteiger partial charge in [0.2, 0.25) is 0 Å². The van der Waals surface area contributed by atoms with Crippen molar-refractivity contribution >= 4 is 21.8 Å². The van der Waals surface area contributed by atoms with Gasteiger partial charge in [-0.05, 0) is 47.7 Å². The molecule has 28 heavy (non-hydrogen) atoms. The van der Waals surface area contributed by atoms with E-state index in [0.717, 1.165) is 27.5 Å². The van der Waals surface area contributed by atoms with E-state index < -0.39 is 0 Å². The lowest BCUT2D eigenvalue weighted by Crippen LogP contribution is -1.94. The van der Waals surface area contributed by atoms with Crippen LogP contribution in [0.15, 0.2) is 85.1 Å². The molecule has 0 saturated heterocycles. The number of hydrogen-bond acceptors (Lipinski definition) is 2. The summed E-state index contributed by atoms with van der Waals surface area (Å²) < 4.78 is 0. The third-order valence-corrected chi connectivity index (χ3v) is 5.28. The van der Waals surface area contributed by atoms with E-state index in [1.165, 1.54) is 27.8 Å². The number of benzene rings is 3. The Bertz CT molecular complexity index is 1310. The van der Waals surface area contributed by atoms with Crippen molar-refractivity contribution in [1.29, 1.82) is 0 Å². The summed E-state index contributed by atoms with van der Waals surface area (Å²) in [6.45, 7) is 4.18. The Morgan fingerprint density at radius 3 is 2.00 bits per heavy atom. The Kier molecular flexibility index (Phi) is 3.91. The molecule has 5 aromatic rings. The average molecular weight is 360 g/mol. The maximum Gasteiger partial charge on any atom is 0.0974 e. The Balaban J connectivity index is 1.88. The molecule has 0 unspecified atom stereocenters. The number of rotatable bonds is 2. The summed E-state index contributed by atoms with van der Waals surface area (Å²) in [7, 11) is 0. The maximum atomic E-state index is 4.89. The van der Waals surface area contributed by atoms with E-state index in [-0.39, 0.29) is 0 Å². The number of aromatic nitrogens is 2. The predicted molar refractivity (Wildman–Crippen MR) is 117 cm³/mol. The van der Waals surface area contributed by atoms with E-state index in [4.69, 9.17) is 9.97 Å². The van der Waals surface area contributed by atoms with Gasteiger partial charge in [0, 0.05) is 22.7 Å². The lowest BCUT2D eigenvalue weighted by atomic mass is 9.94. The zero-order valence-corrected chi connectivity index (χ0v) is 16.0. The molecule has 0 amide bonds. The van der Waals surface area contributed by atoms with Crippen LogP contribution in [0.1, 0.15) is 11.3 Å². The molecule has 134 valence electrons. The summed E-state index contributed by atoms with van der Waals surface area (Å²) in [6.07, 6.45) is 1.97. The molecule has 0 aliphatic rings. The van der Waals surface area contributed by atoms with Crippen molar-refractivity contribution in [2.24, 2.45) is 0 Å². The first-order chi connectivity index (χ1) is 13.7. The van der Waals surface area contributed by atoms with Crippen molar-refractivity contribution in [2.45, 2.75) is 13.8 Å². The first kappa shape index (κ1) is 16.6. The molecule has 0 aliphatic heterocycles. The first-order valence-corrected chi connectivity index (χ1v) is 9.53. The maximum absolute atomic E-state index is 4.89. The molecular formula is C26H20N2. The van der Waals surface area contributed by atoms with E-state index in [0.29, 0.717) is 0 Å². The van der Waals surface area contributed by atoms with Crippen LogP contribution in [0.2, 0.25) is 0 Å². The number of nitrogens with zero attached hydrogens (tertiary/aromatic N) is 2. The van der Waals surface area contributed by atoms with Gasteiger partial charge in [-0.1, -0.05) is 72.8 Å². The van der Waals surface area contributed by atoms with Gasteiger partial charge in [0.25, 0.3) is 0 Å². The lowest BCUT2D eigenvalue weighted by molar-refractivity contribution is 1.25. The summed E-state index contributed by atoms with van der Waals surface area (Å²) >= 11 is 0. The minimum absolute atomic E-state index is 0.961. The molecule has 2 aromatic heterocycles. The van der Waals surface area contributed by atoms with E-state index in [1.54, 1.807) is 0 Å². The molecule has 0 atom stereocenters. The molecule has 3 aromatic carbocycles. The van der Waals surface area contributed by atoms with Crippen LogP contribution in [0.3, 0.4) is 0 Å². The molecule has 2 nitrogen and oxygen atoms in total. The SMILES string of the molecule is Cc1cc(-c2ccccc2)c2ccc3c(-c4ccccc4)c(C)cnc3c2n1. The second-order valence-electron chi connectivity index (χ2n) is 7.22. The monoisotopic (exact) mass is 360 g/mol. The van der Waals surface area contributed by atoms with Crippen molar-refractivity contribution < 1.29 is 0 Å². The second kappa shape index (κ2) is 6.58. The molecular weight excluding hydrogens is 340 g/mol. The Hall–Kier alpha value is -3.52. The summed E-state index contributed by atoms with van der Waals surface area (Å²) in [6, 6.07) is 27.6. The molecule has 0 saturated carbocycles. The standard InChI is InChI=1S/C26H20N2/c1-17-16-27-25-22(24(17)20-11-7-4-8-12-20)14-13-21-23(15-18(2)28-26(21)25)19-9-5-3-6-10-19/h3-16H,1-2H3. The quantitative estimate of drug-likeness (QED) is 0.326. The van der Waals surface area contributed by atoms with Crippen molar-refractivity contribution in [1.82, 2.24) is 9.97 Å². The van der Waals surface area contributed by atoms with Crippen LogP contribution in [0, 0.1) is 13.8 Å². The first-order valence-electron chi connectivity index (χ1n) is 9.53. The molecule has 0 N–H and O–H groups in total. The predicted octanol–water partition coefficient (Wildman–Crippen LogP) is 6.73. The molecule has 5 rings (SSSR count). The van der Waals surface area contributed by atoms with E-state index in [1.807, 2.05) is 12.3 Å². The number of fused-ring (bicyclic) bond motifs is 3. The molecule has 0 aliphatic carbocycles. The lowest BCUT2D eigenvalue weighted by Gasteiger charge is -2.14. The van der Waals surface area contributed by atoms with E-state index >= 15 is 0 Å². The number of aryl methyl sites for hydroxylation is 2. The molecule has 2 heterocycles. The third-order valence-electron chi connectivity index (χ3n) is 5.28. The normalized spacial score (nSPS) is 11.2. The largest absolute Gasteiger partial charge is 0.254 e. The highest BCUT2D eigenvalue weighted by Gasteiger charge is 2.14. The fourth-order valence-electron chi connectivity index (χ4n) is 4.02. The molecule has 0 bridgehead atoms. The van der Waals surface area contributed by atoms with Gasteiger partial charge >= 0.3 is 0 Å². The van der Waals surface area contributed by atoms with Crippen molar-refractivity contribution in [2.75, 3.05) is 0 Å². The van der Waals surface area contributed by atoms with Crippen LogP contribution in [0.5, 0.6) is 0 Å².